The Kier molecular flexibility index (Phi) is 4.88. The molecule has 3 N–H and O–H groups in total. The Morgan fingerprint density at radius 1 is 1.20 bits per heavy atom. The van der Waals surface area contributed by atoms with E-state index in [0.717, 1.165) is 36.8 Å². The van der Waals surface area contributed by atoms with Gasteiger partial charge in [-0.3, -0.25) is 4.79 Å². The van der Waals surface area contributed by atoms with Crippen LogP contribution in [0.4, 0.5) is 0 Å². The van der Waals surface area contributed by atoms with E-state index in [4.69, 9.17) is 0 Å². The van der Waals surface area contributed by atoms with Crippen molar-refractivity contribution in [3.05, 3.63) is 23.3 Å². The number of aromatic hydroxyl groups is 2. The number of phenolic OH excluding ortho intramolecular Hbond substituents is 2. The van der Waals surface area contributed by atoms with Crippen LogP contribution in [0.15, 0.2) is 12.1 Å². The lowest BCUT2D eigenvalue weighted by atomic mass is 9.88. The van der Waals surface area contributed by atoms with Crippen molar-refractivity contribution in [3.63, 3.8) is 0 Å². The molecular formula is C16H23NO3. The molecule has 0 unspecified atom stereocenters. The summed E-state index contributed by atoms with van der Waals surface area (Å²) in [5.74, 6) is 0.130. The van der Waals surface area contributed by atoms with Crippen LogP contribution in [0.5, 0.6) is 11.5 Å². The Hall–Kier alpha value is -1.71. The van der Waals surface area contributed by atoms with E-state index in [2.05, 4.69) is 5.32 Å². The molecule has 1 aliphatic rings. The molecule has 4 heteroatoms. The van der Waals surface area contributed by atoms with Crippen molar-refractivity contribution in [3.8, 4) is 11.5 Å². The van der Waals surface area contributed by atoms with E-state index in [1.54, 1.807) is 12.1 Å². The summed E-state index contributed by atoms with van der Waals surface area (Å²) in [7, 11) is 0. The monoisotopic (exact) mass is 277 g/mol. The van der Waals surface area contributed by atoms with Crippen LogP contribution in [-0.4, -0.2) is 22.7 Å². The molecule has 4 nitrogen and oxygen atoms in total. The van der Waals surface area contributed by atoms with E-state index in [1.165, 1.54) is 6.42 Å². The van der Waals surface area contributed by atoms with Gasteiger partial charge < -0.3 is 15.5 Å². The third-order valence-corrected chi connectivity index (χ3v) is 4.10. The molecule has 1 saturated carbocycles. The smallest absolute Gasteiger partial charge is 0.223 e. The molecule has 0 atom stereocenters. The number of nitrogens with one attached hydrogen (secondary N) is 1. The largest absolute Gasteiger partial charge is 0.504 e. The summed E-state index contributed by atoms with van der Waals surface area (Å²) in [6.45, 7) is 2.46. The Labute approximate surface area is 119 Å². The lowest BCUT2D eigenvalue weighted by Crippen LogP contribution is -2.33. The maximum atomic E-state index is 12.0. The molecule has 0 aliphatic heterocycles. The Bertz CT molecular complexity index is 479. The summed E-state index contributed by atoms with van der Waals surface area (Å²) >= 11 is 0. The van der Waals surface area contributed by atoms with Crippen molar-refractivity contribution in [2.75, 3.05) is 6.54 Å². The molecule has 0 saturated heterocycles. The highest BCUT2D eigenvalue weighted by atomic mass is 16.3. The normalized spacial score (nSPS) is 16.1. The van der Waals surface area contributed by atoms with Gasteiger partial charge in [0.05, 0.1) is 0 Å². The fourth-order valence-electron chi connectivity index (χ4n) is 2.82. The summed E-state index contributed by atoms with van der Waals surface area (Å²) in [6, 6.07) is 3.12. The van der Waals surface area contributed by atoms with Crippen molar-refractivity contribution in [1.29, 1.82) is 0 Å². The van der Waals surface area contributed by atoms with Crippen LogP contribution in [0.1, 0.15) is 43.2 Å². The van der Waals surface area contributed by atoms with Crippen LogP contribution in [0.3, 0.4) is 0 Å². The molecule has 0 heterocycles. The number of hydrogen-bond donors (Lipinski definition) is 3. The van der Waals surface area contributed by atoms with Crippen LogP contribution in [0.2, 0.25) is 0 Å². The highest BCUT2D eigenvalue weighted by molar-refractivity contribution is 5.78. The van der Waals surface area contributed by atoms with Crippen LogP contribution >= 0.6 is 0 Å². The van der Waals surface area contributed by atoms with Crippen LogP contribution in [-0.2, 0) is 11.2 Å². The molecule has 110 valence electrons. The molecule has 1 fully saturated rings. The summed E-state index contributed by atoms with van der Waals surface area (Å²) in [5, 5.41) is 21.9. The minimum atomic E-state index is -0.107. The number of hydrogen-bond acceptors (Lipinski definition) is 3. The average molecular weight is 277 g/mol. The zero-order valence-electron chi connectivity index (χ0n) is 12.0. The highest BCUT2D eigenvalue weighted by Gasteiger charge is 2.20. The van der Waals surface area contributed by atoms with Gasteiger partial charge in [-0.25, -0.2) is 0 Å². The first kappa shape index (κ1) is 14.7. The third kappa shape index (κ3) is 3.65. The van der Waals surface area contributed by atoms with Gasteiger partial charge >= 0.3 is 0 Å². The topological polar surface area (TPSA) is 69.6 Å². The van der Waals surface area contributed by atoms with Gasteiger partial charge in [-0.15, -0.1) is 0 Å². The van der Waals surface area contributed by atoms with E-state index >= 15 is 0 Å². The fraction of sp³-hybridized carbons (Fsp3) is 0.562. The standard InChI is InChI=1S/C16H23NO3/c1-11-9-14(18)15(19)10-13(11)7-8-17-16(20)12-5-3-2-4-6-12/h9-10,12,18-19H,2-8H2,1H3,(H,17,20). The average Bonchev–Trinajstić information content (AvgIpc) is 2.45. The number of carbonyl (C=O) groups excluding carboxylic acids is 1. The molecule has 0 radical (unpaired) electrons. The summed E-state index contributed by atoms with van der Waals surface area (Å²) in [4.78, 5) is 12.0. The molecule has 0 aromatic heterocycles. The SMILES string of the molecule is Cc1cc(O)c(O)cc1CCNC(=O)C1CCCCC1. The second kappa shape index (κ2) is 6.64. The first-order valence-corrected chi connectivity index (χ1v) is 7.37. The maximum Gasteiger partial charge on any atom is 0.223 e. The van der Waals surface area contributed by atoms with E-state index in [9.17, 15) is 15.0 Å². The predicted molar refractivity (Wildman–Crippen MR) is 77.8 cm³/mol. The van der Waals surface area contributed by atoms with Gasteiger partial charge in [0.2, 0.25) is 5.91 Å². The molecule has 1 aromatic rings. The van der Waals surface area contributed by atoms with Crippen molar-refractivity contribution >= 4 is 5.91 Å². The number of rotatable bonds is 4. The lowest BCUT2D eigenvalue weighted by Gasteiger charge is -2.20. The molecule has 1 aliphatic carbocycles. The summed E-state index contributed by atoms with van der Waals surface area (Å²) in [6.07, 6.45) is 6.23. The number of amides is 1. The molecule has 20 heavy (non-hydrogen) atoms. The van der Waals surface area contributed by atoms with Gasteiger partial charge in [-0.05, 0) is 49.4 Å². The van der Waals surface area contributed by atoms with Gasteiger partial charge in [0.15, 0.2) is 11.5 Å². The zero-order chi connectivity index (χ0) is 14.5. The number of phenols is 2. The molecule has 0 spiro atoms. The second-order valence-corrected chi connectivity index (χ2v) is 5.64. The predicted octanol–water partition coefficient (Wildman–Crippen LogP) is 2.65. The Morgan fingerprint density at radius 2 is 1.85 bits per heavy atom. The molecule has 0 bridgehead atoms. The van der Waals surface area contributed by atoms with Crippen LogP contribution in [0, 0.1) is 12.8 Å². The number of aryl methyl sites for hydroxylation is 1. The van der Waals surface area contributed by atoms with Crippen molar-refractivity contribution in [2.45, 2.75) is 45.4 Å². The van der Waals surface area contributed by atoms with Crippen LogP contribution in [0.25, 0.3) is 0 Å². The molecular weight excluding hydrogens is 254 g/mol. The van der Waals surface area contributed by atoms with E-state index in [0.29, 0.717) is 13.0 Å². The van der Waals surface area contributed by atoms with E-state index < -0.39 is 0 Å². The fourth-order valence-corrected chi connectivity index (χ4v) is 2.82. The highest BCUT2D eigenvalue weighted by Crippen LogP contribution is 2.28. The minimum absolute atomic E-state index is 0.0995. The summed E-state index contributed by atoms with van der Waals surface area (Å²) in [5.41, 5.74) is 1.87. The quantitative estimate of drug-likeness (QED) is 0.741. The second-order valence-electron chi connectivity index (χ2n) is 5.64. The first-order valence-electron chi connectivity index (χ1n) is 7.37. The Morgan fingerprint density at radius 3 is 2.55 bits per heavy atom. The number of carbonyl (C=O) groups is 1. The molecule has 2 rings (SSSR count). The first-order chi connectivity index (χ1) is 9.58. The zero-order valence-corrected chi connectivity index (χ0v) is 12.0. The van der Waals surface area contributed by atoms with Gasteiger partial charge in [0.1, 0.15) is 0 Å². The van der Waals surface area contributed by atoms with Gasteiger partial charge in [0.25, 0.3) is 0 Å². The maximum absolute atomic E-state index is 12.0. The van der Waals surface area contributed by atoms with Crippen molar-refractivity contribution in [1.82, 2.24) is 5.32 Å². The molecule has 1 amide bonds. The van der Waals surface area contributed by atoms with Gasteiger partial charge in [0, 0.05) is 12.5 Å². The van der Waals surface area contributed by atoms with Crippen molar-refractivity contribution in [2.24, 2.45) is 5.92 Å². The Balaban J connectivity index is 1.83. The summed E-state index contributed by atoms with van der Waals surface area (Å²) < 4.78 is 0. The minimum Gasteiger partial charge on any atom is -0.504 e. The van der Waals surface area contributed by atoms with Crippen molar-refractivity contribution < 1.29 is 15.0 Å². The van der Waals surface area contributed by atoms with Crippen LogP contribution < -0.4 is 5.32 Å². The number of benzene rings is 1. The van der Waals surface area contributed by atoms with E-state index in [-0.39, 0.29) is 23.3 Å². The van der Waals surface area contributed by atoms with E-state index in [1.807, 2.05) is 6.92 Å². The lowest BCUT2D eigenvalue weighted by molar-refractivity contribution is -0.125. The van der Waals surface area contributed by atoms with Gasteiger partial charge in [-0.1, -0.05) is 19.3 Å². The molecule has 1 aromatic carbocycles. The third-order valence-electron chi connectivity index (χ3n) is 4.10. The van der Waals surface area contributed by atoms with Gasteiger partial charge in [-0.2, -0.15) is 0 Å².